The van der Waals surface area contributed by atoms with Crippen LogP contribution in [0.3, 0.4) is 0 Å². The predicted molar refractivity (Wildman–Crippen MR) is 132 cm³/mol. The molecule has 1 saturated heterocycles. The molecule has 0 saturated carbocycles. The quantitative estimate of drug-likeness (QED) is 0.600. The highest BCUT2D eigenvalue weighted by Crippen LogP contribution is 2.27. The van der Waals surface area contributed by atoms with Gasteiger partial charge >= 0.3 is 0 Å². The molecule has 0 atom stereocenters. The molecule has 0 spiro atoms. The van der Waals surface area contributed by atoms with Crippen molar-refractivity contribution in [2.45, 2.75) is 33.6 Å². The van der Waals surface area contributed by atoms with Crippen molar-refractivity contribution in [2.24, 2.45) is 0 Å². The Morgan fingerprint density at radius 1 is 1.03 bits per heavy atom. The first-order chi connectivity index (χ1) is 15.1. The van der Waals surface area contributed by atoms with Gasteiger partial charge < -0.3 is 9.80 Å². The maximum Gasteiger partial charge on any atom is 0.232 e. The zero-order valence-electron chi connectivity index (χ0n) is 19.3. The fourth-order valence-corrected chi connectivity index (χ4v) is 5.30. The predicted octanol–water partition coefficient (Wildman–Crippen LogP) is 4.16. The van der Waals surface area contributed by atoms with E-state index in [1.165, 1.54) is 27.4 Å². The average molecular weight is 478 g/mol. The number of amides is 1. The molecule has 0 aliphatic carbocycles. The molecule has 8 heteroatoms. The van der Waals surface area contributed by atoms with E-state index in [1.807, 2.05) is 11.8 Å². The smallest absolute Gasteiger partial charge is 0.232 e. The highest BCUT2D eigenvalue weighted by atomic mass is 35.5. The Bertz CT molecular complexity index is 1080. The Hall–Kier alpha value is -2.25. The van der Waals surface area contributed by atoms with E-state index in [0.717, 1.165) is 18.7 Å². The lowest BCUT2D eigenvalue weighted by molar-refractivity contribution is -0.131. The highest BCUT2D eigenvalue weighted by Gasteiger charge is 2.24. The number of hydrogen-bond donors (Lipinski definition) is 0. The van der Waals surface area contributed by atoms with Crippen molar-refractivity contribution >= 4 is 38.9 Å². The Morgan fingerprint density at radius 2 is 1.72 bits per heavy atom. The van der Waals surface area contributed by atoms with Crippen molar-refractivity contribution < 1.29 is 13.2 Å². The van der Waals surface area contributed by atoms with E-state index in [-0.39, 0.29) is 12.5 Å². The third-order valence-corrected chi connectivity index (χ3v) is 7.56. The number of piperazine rings is 1. The first kappa shape index (κ1) is 24.4. The second kappa shape index (κ2) is 10.1. The van der Waals surface area contributed by atoms with Crippen LogP contribution in [0, 0.1) is 20.8 Å². The summed E-state index contributed by atoms with van der Waals surface area (Å²) in [4.78, 5) is 17.0. The standard InChI is InChI=1S/C24H32ClN3O3S/c1-18-7-5-8-22(20(18)3)26-13-15-27(16-14-26)24(29)9-6-12-28(32(4,30)31)23-17-21(25)11-10-19(23)2/h5,7-8,10-11,17H,6,9,12-16H2,1-4H3. The van der Waals surface area contributed by atoms with Crippen molar-refractivity contribution in [1.82, 2.24) is 4.90 Å². The van der Waals surface area contributed by atoms with Gasteiger partial charge in [-0.3, -0.25) is 9.10 Å². The summed E-state index contributed by atoms with van der Waals surface area (Å²) in [5, 5.41) is 0.483. The van der Waals surface area contributed by atoms with Crippen LogP contribution in [0.1, 0.15) is 29.5 Å². The maximum absolute atomic E-state index is 12.8. The van der Waals surface area contributed by atoms with E-state index in [0.29, 0.717) is 36.6 Å². The number of nitrogens with zero attached hydrogens (tertiary/aromatic N) is 3. The van der Waals surface area contributed by atoms with Gasteiger partial charge in [-0.2, -0.15) is 0 Å². The summed E-state index contributed by atoms with van der Waals surface area (Å²) in [7, 11) is -3.48. The molecular formula is C24H32ClN3O3S. The van der Waals surface area contributed by atoms with Crippen LogP contribution in [0.15, 0.2) is 36.4 Å². The monoisotopic (exact) mass is 477 g/mol. The molecule has 2 aromatic rings. The number of anilines is 2. The summed E-state index contributed by atoms with van der Waals surface area (Å²) in [6.07, 6.45) is 1.95. The fourth-order valence-electron chi connectivity index (χ4n) is 4.12. The lowest BCUT2D eigenvalue weighted by Crippen LogP contribution is -2.49. The van der Waals surface area contributed by atoms with Gasteiger partial charge in [0.1, 0.15) is 0 Å². The van der Waals surface area contributed by atoms with E-state index in [9.17, 15) is 13.2 Å². The van der Waals surface area contributed by atoms with Crippen LogP contribution in [0.2, 0.25) is 5.02 Å². The molecule has 1 aliphatic rings. The Morgan fingerprint density at radius 3 is 2.38 bits per heavy atom. The van der Waals surface area contributed by atoms with Gasteiger partial charge in [-0.25, -0.2) is 8.42 Å². The summed E-state index contributed by atoms with van der Waals surface area (Å²) in [6, 6.07) is 11.5. The molecule has 174 valence electrons. The number of benzene rings is 2. The lowest BCUT2D eigenvalue weighted by Gasteiger charge is -2.37. The van der Waals surface area contributed by atoms with Crippen molar-refractivity contribution in [3.8, 4) is 0 Å². The number of rotatable bonds is 7. The minimum Gasteiger partial charge on any atom is -0.368 e. The van der Waals surface area contributed by atoms with Crippen molar-refractivity contribution in [1.29, 1.82) is 0 Å². The molecule has 1 amide bonds. The zero-order chi connectivity index (χ0) is 23.5. The normalized spacial score (nSPS) is 14.5. The minimum atomic E-state index is -3.48. The number of aryl methyl sites for hydroxylation is 2. The largest absolute Gasteiger partial charge is 0.368 e. The van der Waals surface area contributed by atoms with Crippen LogP contribution in [0.25, 0.3) is 0 Å². The van der Waals surface area contributed by atoms with E-state index in [2.05, 4.69) is 36.9 Å². The maximum atomic E-state index is 12.8. The molecule has 2 aromatic carbocycles. The van der Waals surface area contributed by atoms with Gasteiger partial charge in [0, 0.05) is 49.9 Å². The van der Waals surface area contributed by atoms with Gasteiger partial charge in [-0.05, 0) is 62.1 Å². The molecule has 0 bridgehead atoms. The fraction of sp³-hybridized carbons (Fsp3) is 0.458. The second-order valence-electron chi connectivity index (χ2n) is 8.46. The van der Waals surface area contributed by atoms with Crippen LogP contribution >= 0.6 is 11.6 Å². The van der Waals surface area contributed by atoms with Crippen LogP contribution in [-0.4, -0.2) is 58.2 Å². The molecule has 0 aromatic heterocycles. The van der Waals surface area contributed by atoms with E-state index >= 15 is 0 Å². The molecule has 32 heavy (non-hydrogen) atoms. The molecule has 1 fully saturated rings. The zero-order valence-corrected chi connectivity index (χ0v) is 20.8. The van der Waals surface area contributed by atoms with Gasteiger partial charge in [-0.15, -0.1) is 0 Å². The Balaban J connectivity index is 1.56. The Kier molecular flexibility index (Phi) is 7.72. The first-order valence-electron chi connectivity index (χ1n) is 10.9. The molecule has 3 rings (SSSR count). The average Bonchev–Trinajstić information content (AvgIpc) is 2.74. The third-order valence-electron chi connectivity index (χ3n) is 6.14. The van der Waals surface area contributed by atoms with Gasteiger partial charge in [0.25, 0.3) is 0 Å². The summed E-state index contributed by atoms with van der Waals surface area (Å²) in [5.74, 6) is 0.0712. The Labute approximate surface area is 196 Å². The number of carbonyl (C=O) groups excluding carboxylic acids is 1. The summed E-state index contributed by atoms with van der Waals surface area (Å²) in [6.45, 7) is 9.30. The van der Waals surface area contributed by atoms with Gasteiger partial charge in [0.2, 0.25) is 15.9 Å². The van der Waals surface area contributed by atoms with E-state index < -0.39 is 10.0 Å². The summed E-state index contributed by atoms with van der Waals surface area (Å²) < 4.78 is 26.1. The SMILES string of the molecule is Cc1ccc(Cl)cc1N(CCCC(=O)N1CCN(c2cccc(C)c2C)CC1)S(C)(=O)=O. The van der Waals surface area contributed by atoms with Crippen LogP contribution in [0.5, 0.6) is 0 Å². The van der Waals surface area contributed by atoms with Crippen molar-refractivity contribution in [2.75, 3.05) is 48.2 Å². The van der Waals surface area contributed by atoms with Crippen molar-refractivity contribution in [3.05, 3.63) is 58.1 Å². The minimum absolute atomic E-state index is 0.0712. The molecule has 1 aliphatic heterocycles. The van der Waals surface area contributed by atoms with Gasteiger partial charge in [0.15, 0.2) is 0 Å². The molecule has 6 nitrogen and oxygen atoms in total. The lowest BCUT2D eigenvalue weighted by atomic mass is 10.1. The highest BCUT2D eigenvalue weighted by molar-refractivity contribution is 7.92. The molecular weight excluding hydrogens is 446 g/mol. The molecule has 1 heterocycles. The second-order valence-corrected chi connectivity index (χ2v) is 10.8. The topological polar surface area (TPSA) is 60.9 Å². The molecule has 0 N–H and O–H groups in total. The summed E-state index contributed by atoms with van der Waals surface area (Å²) >= 11 is 6.09. The number of carbonyl (C=O) groups is 1. The van der Waals surface area contributed by atoms with Crippen molar-refractivity contribution in [3.63, 3.8) is 0 Å². The number of hydrogen-bond acceptors (Lipinski definition) is 4. The third kappa shape index (κ3) is 5.75. The van der Waals surface area contributed by atoms with E-state index in [1.54, 1.807) is 18.2 Å². The molecule has 0 unspecified atom stereocenters. The van der Waals surface area contributed by atoms with Gasteiger partial charge in [-0.1, -0.05) is 29.8 Å². The number of halogens is 1. The van der Waals surface area contributed by atoms with Gasteiger partial charge in [0.05, 0.1) is 11.9 Å². The first-order valence-corrected chi connectivity index (χ1v) is 13.1. The van der Waals surface area contributed by atoms with Crippen LogP contribution in [0.4, 0.5) is 11.4 Å². The van der Waals surface area contributed by atoms with Crippen LogP contribution < -0.4 is 9.21 Å². The van der Waals surface area contributed by atoms with Crippen LogP contribution in [-0.2, 0) is 14.8 Å². The van der Waals surface area contributed by atoms with E-state index in [4.69, 9.17) is 11.6 Å². The molecule has 0 radical (unpaired) electrons. The summed E-state index contributed by atoms with van der Waals surface area (Å²) in [5.41, 5.74) is 5.18. The number of sulfonamides is 1.